The molecular weight excluding hydrogens is 713 g/mol. The summed E-state index contributed by atoms with van der Waals surface area (Å²) in [5, 5.41) is 0. The lowest BCUT2D eigenvalue weighted by atomic mass is 10.0. The largest absolute Gasteiger partial charge is 0.443 e. The molecule has 0 spiro atoms. The Morgan fingerprint density at radius 1 is 0.649 bits per heavy atom. The Balaban J connectivity index is 2.37. The number of imidazole rings is 1. The molecule has 0 aromatic carbocycles. The van der Waals surface area contributed by atoms with Crippen LogP contribution in [0.25, 0.3) is 0 Å². The molecule has 0 aliphatic rings. The average Bonchev–Trinajstić information content (AvgIpc) is 3.64. The summed E-state index contributed by atoms with van der Waals surface area (Å²) in [6, 6.07) is -0.768. The summed E-state index contributed by atoms with van der Waals surface area (Å²) < 4.78 is 12.5. The predicted molar refractivity (Wildman–Crippen MR) is 238 cm³/mol. The second-order valence-electron chi connectivity index (χ2n) is 17.7. The number of ketones is 1. The van der Waals surface area contributed by atoms with Gasteiger partial charge in [0.25, 0.3) is 0 Å². The van der Waals surface area contributed by atoms with Crippen LogP contribution in [0.2, 0.25) is 0 Å². The average molecular weight is 803 g/mol. The lowest BCUT2D eigenvalue weighted by molar-refractivity contribution is -0.136. The number of Topliss-reactive ketones (excluding diaryl/α,β-unsaturated/α-hetero) is 1. The predicted octanol–water partition coefficient (Wildman–Crippen LogP) is 12.7. The van der Waals surface area contributed by atoms with Crippen molar-refractivity contribution in [3.63, 3.8) is 0 Å². The molecule has 9 nitrogen and oxygen atoms in total. The van der Waals surface area contributed by atoms with Crippen LogP contribution in [0, 0.1) is 0 Å². The van der Waals surface area contributed by atoms with Crippen molar-refractivity contribution in [2.75, 3.05) is 26.3 Å². The summed E-state index contributed by atoms with van der Waals surface area (Å²) in [5.74, 6) is -0.0584. The van der Waals surface area contributed by atoms with Crippen LogP contribution in [0.5, 0.6) is 0 Å². The molecule has 1 aromatic rings. The third-order valence-corrected chi connectivity index (χ3v) is 11.0. The molecular formula is C48H90N4O5. The van der Waals surface area contributed by atoms with Gasteiger partial charge in [-0.1, -0.05) is 181 Å². The van der Waals surface area contributed by atoms with Gasteiger partial charge in [0, 0.05) is 38.7 Å². The zero-order valence-electron chi connectivity index (χ0n) is 37.9. The minimum atomic E-state index is -0.768. The standard InChI is InChI=1S/C48H90N4O5/c1-6-8-10-12-14-16-18-20-22-24-26-28-30-32-36-51(37-33-31-29-27-25-23-21-19-17-15-13-11-9-7-2)46(54)41-56-38-34-35-45(53)44(49)39-43-40-50-42-52(43)47(55)57-48(3,4)5/h40,42,44H,6-39,41,49H2,1-5H3. The molecule has 2 N–H and O–H groups in total. The SMILES string of the molecule is CCCCCCCCCCCCCCCCN(CCCCCCCCCCCCCCCC)C(=O)COCCCC(=O)C(N)Cc1cncn1C(=O)OC(C)(C)C. The van der Waals surface area contributed by atoms with E-state index in [2.05, 4.69) is 18.8 Å². The van der Waals surface area contributed by atoms with Gasteiger partial charge in [0.05, 0.1) is 11.7 Å². The van der Waals surface area contributed by atoms with Crippen molar-refractivity contribution in [2.45, 2.75) is 245 Å². The van der Waals surface area contributed by atoms with Crippen LogP contribution in [0.15, 0.2) is 12.5 Å². The highest BCUT2D eigenvalue weighted by Crippen LogP contribution is 2.16. The number of amides is 1. The molecule has 332 valence electrons. The highest BCUT2D eigenvalue weighted by atomic mass is 16.6. The minimum absolute atomic E-state index is 0.0481. The summed E-state index contributed by atoms with van der Waals surface area (Å²) in [7, 11) is 0. The summed E-state index contributed by atoms with van der Waals surface area (Å²) in [6.45, 7) is 11.9. The van der Waals surface area contributed by atoms with Gasteiger partial charge in [-0.25, -0.2) is 14.3 Å². The molecule has 0 radical (unpaired) electrons. The second kappa shape index (κ2) is 35.7. The van der Waals surface area contributed by atoms with Crippen molar-refractivity contribution in [1.29, 1.82) is 0 Å². The van der Waals surface area contributed by atoms with Crippen molar-refractivity contribution >= 4 is 17.8 Å². The van der Waals surface area contributed by atoms with Crippen LogP contribution >= 0.6 is 0 Å². The molecule has 1 unspecified atom stereocenters. The maximum Gasteiger partial charge on any atom is 0.420 e. The fourth-order valence-electron chi connectivity index (χ4n) is 7.43. The summed E-state index contributed by atoms with van der Waals surface area (Å²) in [4.78, 5) is 44.7. The van der Waals surface area contributed by atoms with E-state index in [1.54, 1.807) is 20.8 Å². The van der Waals surface area contributed by atoms with Gasteiger partial charge < -0.3 is 20.1 Å². The van der Waals surface area contributed by atoms with Gasteiger partial charge in [0.15, 0.2) is 0 Å². The molecule has 0 aliphatic heterocycles. The first-order valence-electron chi connectivity index (χ1n) is 24.0. The van der Waals surface area contributed by atoms with E-state index in [9.17, 15) is 14.4 Å². The number of hydrogen-bond donors (Lipinski definition) is 1. The number of rotatable bonds is 39. The molecule has 1 atom stereocenters. The Hall–Kier alpha value is -2.26. The minimum Gasteiger partial charge on any atom is -0.443 e. The Bertz CT molecular complexity index is 1080. The molecule has 1 heterocycles. The Kier molecular flexibility index (Phi) is 33.0. The first-order chi connectivity index (χ1) is 27.6. The molecule has 0 fully saturated rings. The molecule has 1 aromatic heterocycles. The van der Waals surface area contributed by atoms with Crippen LogP contribution < -0.4 is 5.73 Å². The van der Waals surface area contributed by atoms with E-state index in [-0.39, 0.29) is 31.1 Å². The van der Waals surface area contributed by atoms with Crippen molar-refractivity contribution in [3.8, 4) is 0 Å². The fourth-order valence-corrected chi connectivity index (χ4v) is 7.43. The number of nitrogens with zero attached hydrogens (tertiary/aromatic N) is 3. The van der Waals surface area contributed by atoms with E-state index in [0.29, 0.717) is 18.7 Å². The second-order valence-corrected chi connectivity index (χ2v) is 17.7. The van der Waals surface area contributed by atoms with Gasteiger partial charge in [-0.3, -0.25) is 9.59 Å². The third kappa shape index (κ3) is 30.4. The highest BCUT2D eigenvalue weighted by molar-refractivity contribution is 5.84. The van der Waals surface area contributed by atoms with Crippen LogP contribution in [0.1, 0.15) is 233 Å². The molecule has 0 saturated heterocycles. The first kappa shape index (κ1) is 52.8. The number of carbonyl (C=O) groups is 3. The fraction of sp³-hybridized carbons (Fsp3) is 0.875. The Morgan fingerprint density at radius 2 is 1.05 bits per heavy atom. The van der Waals surface area contributed by atoms with Gasteiger partial charge in [-0.15, -0.1) is 0 Å². The number of hydrogen-bond acceptors (Lipinski definition) is 7. The molecule has 0 bridgehead atoms. The van der Waals surface area contributed by atoms with Gasteiger partial charge in [-0.2, -0.15) is 0 Å². The summed E-state index contributed by atoms with van der Waals surface area (Å²) >= 11 is 0. The number of unbranched alkanes of at least 4 members (excludes halogenated alkanes) is 26. The summed E-state index contributed by atoms with van der Waals surface area (Å²) in [6.07, 6.45) is 40.3. The quantitative estimate of drug-likeness (QED) is 0.0659. The monoisotopic (exact) mass is 803 g/mol. The lowest BCUT2D eigenvalue weighted by Crippen LogP contribution is -2.36. The van der Waals surface area contributed by atoms with Crippen LogP contribution in [-0.4, -0.2) is 70.2 Å². The van der Waals surface area contributed by atoms with Gasteiger partial charge in [0.1, 0.15) is 24.3 Å². The third-order valence-electron chi connectivity index (χ3n) is 11.0. The van der Waals surface area contributed by atoms with Crippen LogP contribution in [-0.2, 0) is 25.5 Å². The molecule has 57 heavy (non-hydrogen) atoms. The topological polar surface area (TPSA) is 117 Å². The zero-order valence-corrected chi connectivity index (χ0v) is 37.9. The van der Waals surface area contributed by atoms with E-state index in [0.717, 1.165) is 25.9 Å². The van der Waals surface area contributed by atoms with Crippen molar-refractivity contribution in [3.05, 3.63) is 18.2 Å². The van der Waals surface area contributed by atoms with E-state index in [4.69, 9.17) is 15.2 Å². The molecule has 0 aliphatic carbocycles. The smallest absolute Gasteiger partial charge is 0.420 e. The number of nitrogens with two attached hydrogens (primary N) is 1. The van der Waals surface area contributed by atoms with E-state index >= 15 is 0 Å². The normalized spacial score (nSPS) is 12.2. The Morgan fingerprint density at radius 3 is 1.46 bits per heavy atom. The van der Waals surface area contributed by atoms with Crippen LogP contribution in [0.3, 0.4) is 0 Å². The van der Waals surface area contributed by atoms with E-state index in [1.807, 2.05) is 4.90 Å². The molecule has 1 amide bonds. The van der Waals surface area contributed by atoms with Gasteiger partial charge in [-0.05, 0) is 40.0 Å². The number of aromatic nitrogens is 2. The van der Waals surface area contributed by atoms with Crippen molar-refractivity contribution in [1.82, 2.24) is 14.5 Å². The van der Waals surface area contributed by atoms with Gasteiger partial charge in [0.2, 0.25) is 5.91 Å². The zero-order chi connectivity index (χ0) is 41.8. The lowest BCUT2D eigenvalue weighted by Gasteiger charge is -2.23. The molecule has 9 heteroatoms. The first-order valence-corrected chi connectivity index (χ1v) is 24.0. The number of carbonyl (C=O) groups excluding carboxylic acids is 3. The van der Waals surface area contributed by atoms with Crippen molar-refractivity contribution in [2.24, 2.45) is 5.73 Å². The number of ether oxygens (including phenoxy) is 2. The van der Waals surface area contributed by atoms with E-state index in [1.165, 1.54) is 184 Å². The van der Waals surface area contributed by atoms with Gasteiger partial charge >= 0.3 is 6.09 Å². The van der Waals surface area contributed by atoms with E-state index < -0.39 is 17.7 Å². The molecule has 0 saturated carbocycles. The van der Waals surface area contributed by atoms with Crippen molar-refractivity contribution < 1.29 is 23.9 Å². The maximum atomic E-state index is 13.3. The summed E-state index contributed by atoms with van der Waals surface area (Å²) in [5.41, 5.74) is 6.10. The maximum absolute atomic E-state index is 13.3. The Labute approximate surface area is 350 Å². The van der Waals surface area contributed by atoms with Crippen LogP contribution in [0.4, 0.5) is 4.79 Å². The molecule has 1 rings (SSSR count). The highest BCUT2D eigenvalue weighted by Gasteiger charge is 2.22.